The second-order valence-corrected chi connectivity index (χ2v) is 7.76. The van der Waals surface area contributed by atoms with E-state index in [1.165, 1.54) is 24.3 Å². The fraction of sp³-hybridized carbons (Fsp3) is 0.0417. The lowest BCUT2D eigenvalue weighted by Gasteiger charge is -2.11. The first-order valence-electron chi connectivity index (χ1n) is 9.61. The van der Waals surface area contributed by atoms with Crippen LogP contribution in [-0.2, 0) is 9.59 Å². The average molecular weight is 448 g/mol. The van der Waals surface area contributed by atoms with Gasteiger partial charge in [0.1, 0.15) is 11.6 Å². The van der Waals surface area contributed by atoms with E-state index in [-0.39, 0.29) is 29.5 Å². The maximum absolute atomic E-state index is 12.9. The smallest absolute Gasteiger partial charge is 0.298 e. The molecule has 1 heterocycles. The van der Waals surface area contributed by atoms with Crippen LogP contribution in [0.2, 0.25) is 0 Å². The molecule has 4 rings (SSSR count). The number of hydrogen-bond acceptors (Lipinski definition) is 5. The van der Waals surface area contributed by atoms with Gasteiger partial charge in [-0.2, -0.15) is 0 Å². The molecule has 0 aliphatic carbocycles. The number of nitrogens with one attached hydrogen (secondary N) is 1. The van der Waals surface area contributed by atoms with Gasteiger partial charge in [-0.25, -0.2) is 9.29 Å². The van der Waals surface area contributed by atoms with E-state index in [1.807, 2.05) is 6.07 Å². The Hall–Kier alpha value is -3.91. The Bertz CT molecular complexity index is 1180. The molecule has 1 aliphatic rings. The molecule has 0 saturated carbocycles. The second-order valence-electron chi connectivity index (χ2n) is 6.77. The summed E-state index contributed by atoms with van der Waals surface area (Å²) in [6, 6.07) is 21.0. The molecule has 0 bridgehead atoms. The number of halogens is 1. The van der Waals surface area contributed by atoms with Gasteiger partial charge in [-0.1, -0.05) is 30.3 Å². The van der Waals surface area contributed by atoms with Gasteiger partial charge in [-0.3, -0.25) is 14.4 Å². The molecular weight excluding hydrogens is 431 g/mol. The van der Waals surface area contributed by atoms with Crippen molar-refractivity contribution in [3.63, 3.8) is 0 Å². The molecule has 1 N–H and O–H groups in total. The second kappa shape index (κ2) is 9.49. The first kappa shape index (κ1) is 21.3. The molecule has 1 aliphatic heterocycles. The Kier molecular flexibility index (Phi) is 6.32. The highest BCUT2D eigenvalue weighted by atomic mass is 32.2. The number of thioether (sulfide) groups is 1. The number of carbonyl (C=O) groups excluding carboxylic acids is 3. The topological polar surface area (TPSA) is 75.7 Å². The molecular formula is C24H17FN2O4S. The van der Waals surface area contributed by atoms with E-state index >= 15 is 0 Å². The normalized spacial score (nSPS) is 14.7. The van der Waals surface area contributed by atoms with Crippen LogP contribution in [0, 0.1) is 5.82 Å². The number of amides is 3. The van der Waals surface area contributed by atoms with Crippen LogP contribution < -0.4 is 15.0 Å². The molecule has 0 unspecified atom stereocenters. The zero-order valence-electron chi connectivity index (χ0n) is 16.7. The number of rotatable bonds is 6. The summed E-state index contributed by atoms with van der Waals surface area (Å²) >= 11 is 0.882. The Morgan fingerprint density at radius 3 is 2.34 bits per heavy atom. The SMILES string of the molecule is O=C(COc1ccc(C=C2SC(=O)N(c3ccccc3)C2=O)cc1)Nc1ccc(F)cc1. The zero-order valence-corrected chi connectivity index (χ0v) is 17.5. The van der Waals surface area contributed by atoms with Crippen molar-refractivity contribution in [2.24, 2.45) is 0 Å². The van der Waals surface area contributed by atoms with Crippen LogP contribution in [0.4, 0.5) is 20.6 Å². The highest BCUT2D eigenvalue weighted by Gasteiger charge is 2.36. The van der Waals surface area contributed by atoms with E-state index in [9.17, 15) is 18.8 Å². The minimum Gasteiger partial charge on any atom is -0.484 e. The third-order valence-corrected chi connectivity index (χ3v) is 5.35. The Morgan fingerprint density at radius 1 is 0.969 bits per heavy atom. The van der Waals surface area contributed by atoms with Crippen molar-refractivity contribution in [1.82, 2.24) is 0 Å². The van der Waals surface area contributed by atoms with Crippen molar-refractivity contribution < 1.29 is 23.5 Å². The number of nitrogens with zero attached hydrogens (tertiary/aromatic N) is 1. The monoisotopic (exact) mass is 448 g/mol. The number of hydrogen-bond donors (Lipinski definition) is 1. The van der Waals surface area contributed by atoms with Gasteiger partial charge in [0.05, 0.1) is 10.6 Å². The molecule has 3 amide bonds. The average Bonchev–Trinajstić information content (AvgIpc) is 3.08. The largest absolute Gasteiger partial charge is 0.484 e. The third kappa shape index (κ3) is 5.04. The van der Waals surface area contributed by atoms with Gasteiger partial charge in [-0.05, 0) is 71.9 Å². The first-order chi connectivity index (χ1) is 15.5. The highest BCUT2D eigenvalue weighted by Crippen LogP contribution is 2.35. The third-order valence-electron chi connectivity index (χ3n) is 4.48. The molecule has 32 heavy (non-hydrogen) atoms. The molecule has 1 saturated heterocycles. The van der Waals surface area contributed by atoms with E-state index < -0.39 is 0 Å². The number of imide groups is 1. The number of benzene rings is 3. The molecule has 0 spiro atoms. The first-order valence-corrected chi connectivity index (χ1v) is 10.4. The van der Waals surface area contributed by atoms with Crippen LogP contribution in [0.3, 0.4) is 0 Å². The number of anilines is 2. The lowest BCUT2D eigenvalue weighted by atomic mass is 10.2. The van der Waals surface area contributed by atoms with E-state index in [4.69, 9.17) is 4.74 Å². The molecule has 160 valence electrons. The standard InChI is InChI=1S/C24H17FN2O4S/c25-17-8-10-18(11-9-17)26-22(28)15-31-20-12-6-16(7-13-20)14-21-23(29)27(24(30)32-21)19-4-2-1-3-5-19/h1-14H,15H2,(H,26,28). The van der Waals surface area contributed by atoms with Crippen molar-refractivity contribution in [1.29, 1.82) is 0 Å². The zero-order chi connectivity index (χ0) is 22.5. The minimum atomic E-state index is -0.385. The molecule has 8 heteroatoms. The van der Waals surface area contributed by atoms with Gasteiger partial charge in [0, 0.05) is 5.69 Å². The summed E-state index contributed by atoms with van der Waals surface area (Å²) in [4.78, 5) is 38.4. The number of para-hydroxylation sites is 1. The summed E-state index contributed by atoms with van der Waals surface area (Å²) < 4.78 is 18.4. The van der Waals surface area contributed by atoms with Gasteiger partial charge >= 0.3 is 0 Å². The van der Waals surface area contributed by atoms with Crippen LogP contribution >= 0.6 is 11.8 Å². The lowest BCUT2D eigenvalue weighted by molar-refractivity contribution is -0.118. The number of ether oxygens (including phenoxy) is 1. The fourth-order valence-electron chi connectivity index (χ4n) is 2.96. The van der Waals surface area contributed by atoms with Gasteiger partial charge < -0.3 is 10.1 Å². The van der Waals surface area contributed by atoms with Crippen LogP contribution in [0.1, 0.15) is 5.56 Å². The summed E-state index contributed by atoms with van der Waals surface area (Å²) in [5.41, 5.74) is 1.72. The Morgan fingerprint density at radius 2 is 1.66 bits per heavy atom. The maximum Gasteiger partial charge on any atom is 0.298 e. The molecule has 0 atom stereocenters. The van der Waals surface area contributed by atoms with Gasteiger partial charge in [-0.15, -0.1) is 0 Å². The summed E-state index contributed by atoms with van der Waals surface area (Å²) in [5, 5.41) is 2.26. The van der Waals surface area contributed by atoms with E-state index in [0.717, 1.165) is 16.7 Å². The van der Waals surface area contributed by atoms with Crippen molar-refractivity contribution in [2.45, 2.75) is 0 Å². The van der Waals surface area contributed by atoms with Crippen LogP contribution in [0.15, 0.2) is 83.8 Å². The Labute approximate surface area is 187 Å². The quantitative estimate of drug-likeness (QED) is 0.532. The van der Waals surface area contributed by atoms with Crippen molar-refractivity contribution >= 4 is 46.3 Å². The lowest BCUT2D eigenvalue weighted by Crippen LogP contribution is -2.27. The molecule has 0 radical (unpaired) electrons. The molecule has 3 aromatic carbocycles. The highest BCUT2D eigenvalue weighted by molar-refractivity contribution is 8.19. The number of carbonyl (C=O) groups is 3. The molecule has 3 aromatic rings. The van der Waals surface area contributed by atoms with Crippen molar-refractivity contribution in [3.05, 3.63) is 95.1 Å². The maximum atomic E-state index is 12.9. The fourth-order valence-corrected chi connectivity index (χ4v) is 3.80. The van der Waals surface area contributed by atoms with Crippen molar-refractivity contribution in [3.8, 4) is 5.75 Å². The van der Waals surface area contributed by atoms with Crippen LogP contribution in [0.25, 0.3) is 6.08 Å². The van der Waals surface area contributed by atoms with E-state index in [0.29, 0.717) is 27.6 Å². The van der Waals surface area contributed by atoms with Crippen LogP contribution in [0.5, 0.6) is 5.75 Å². The molecule has 0 aromatic heterocycles. The Balaban J connectivity index is 1.36. The van der Waals surface area contributed by atoms with Gasteiger partial charge in [0.2, 0.25) is 0 Å². The summed E-state index contributed by atoms with van der Waals surface area (Å²) in [5.74, 6) is -0.669. The molecule has 6 nitrogen and oxygen atoms in total. The predicted octanol–water partition coefficient (Wildman–Crippen LogP) is 5.08. The van der Waals surface area contributed by atoms with E-state index in [1.54, 1.807) is 54.6 Å². The van der Waals surface area contributed by atoms with Gasteiger partial charge in [0.15, 0.2) is 6.61 Å². The van der Waals surface area contributed by atoms with E-state index in [2.05, 4.69) is 5.32 Å². The molecule has 1 fully saturated rings. The minimum absolute atomic E-state index is 0.216. The van der Waals surface area contributed by atoms with Crippen molar-refractivity contribution in [2.75, 3.05) is 16.8 Å². The summed E-state index contributed by atoms with van der Waals surface area (Å²) in [7, 11) is 0. The summed E-state index contributed by atoms with van der Waals surface area (Å²) in [6.45, 7) is -0.216. The van der Waals surface area contributed by atoms with Crippen LogP contribution in [-0.4, -0.2) is 23.7 Å². The predicted molar refractivity (Wildman–Crippen MR) is 122 cm³/mol. The summed E-state index contributed by atoms with van der Waals surface area (Å²) in [6.07, 6.45) is 1.64. The van der Waals surface area contributed by atoms with Gasteiger partial charge in [0.25, 0.3) is 17.1 Å².